The molecular formula is C20H27ClN3O6P. The van der Waals surface area contributed by atoms with E-state index >= 15 is 0 Å². The van der Waals surface area contributed by atoms with Crippen LogP contribution in [0.1, 0.15) is 37.6 Å². The van der Waals surface area contributed by atoms with Gasteiger partial charge in [0.05, 0.1) is 18.4 Å². The first kappa shape index (κ1) is 25.1. The van der Waals surface area contributed by atoms with Crippen molar-refractivity contribution in [3.63, 3.8) is 0 Å². The van der Waals surface area contributed by atoms with E-state index < -0.39 is 19.8 Å². The summed E-state index contributed by atoms with van der Waals surface area (Å²) in [7, 11) is -4.08. The number of aromatic hydroxyl groups is 1. The van der Waals surface area contributed by atoms with Crippen molar-refractivity contribution in [2.24, 2.45) is 5.73 Å². The predicted molar refractivity (Wildman–Crippen MR) is 117 cm³/mol. The van der Waals surface area contributed by atoms with Gasteiger partial charge in [-0.3, -0.25) is 14.3 Å². The van der Waals surface area contributed by atoms with Gasteiger partial charge in [0.25, 0.3) is 0 Å². The van der Waals surface area contributed by atoms with Crippen molar-refractivity contribution >= 4 is 25.3 Å². The van der Waals surface area contributed by atoms with E-state index in [0.717, 1.165) is 0 Å². The van der Waals surface area contributed by atoms with Crippen LogP contribution in [0.4, 0.5) is 0 Å². The fourth-order valence-corrected chi connectivity index (χ4v) is 4.13. The second-order valence-corrected chi connectivity index (χ2v) is 9.18. The van der Waals surface area contributed by atoms with E-state index in [1.807, 2.05) is 0 Å². The van der Waals surface area contributed by atoms with Gasteiger partial charge in [0, 0.05) is 28.9 Å². The maximum Gasteiger partial charge on any atom is 0.459 e. The second-order valence-electron chi connectivity index (χ2n) is 7.05. The first-order chi connectivity index (χ1) is 14.5. The number of ether oxygens (including phenoxy) is 1. The highest BCUT2D eigenvalue weighted by molar-refractivity contribution is 7.52. The number of esters is 1. The first-order valence-corrected chi connectivity index (χ1v) is 11.5. The Balaban J connectivity index is 2.26. The van der Waals surface area contributed by atoms with E-state index in [1.165, 1.54) is 25.3 Å². The van der Waals surface area contributed by atoms with Crippen molar-refractivity contribution in [3.05, 3.63) is 52.3 Å². The van der Waals surface area contributed by atoms with Crippen LogP contribution in [0.3, 0.4) is 0 Å². The van der Waals surface area contributed by atoms with Crippen LogP contribution in [0.2, 0.25) is 5.02 Å². The monoisotopic (exact) mass is 471 g/mol. The van der Waals surface area contributed by atoms with E-state index in [4.69, 9.17) is 31.1 Å². The highest BCUT2D eigenvalue weighted by atomic mass is 35.5. The lowest BCUT2D eigenvalue weighted by atomic mass is 10.1. The van der Waals surface area contributed by atoms with Gasteiger partial charge in [-0.25, -0.2) is 4.57 Å². The molecule has 0 spiro atoms. The van der Waals surface area contributed by atoms with Gasteiger partial charge in [0.2, 0.25) is 0 Å². The topological polar surface area (TPSA) is 133 Å². The molecule has 4 N–H and O–H groups in total. The summed E-state index contributed by atoms with van der Waals surface area (Å²) in [6, 6.07) is 5.17. The molecule has 1 aromatic heterocycles. The molecule has 2 atom stereocenters. The average Bonchev–Trinajstić information content (AvgIpc) is 2.70. The molecule has 0 radical (unpaired) electrons. The maximum atomic E-state index is 13.5. The van der Waals surface area contributed by atoms with Crippen molar-refractivity contribution in [2.45, 2.75) is 53.0 Å². The number of aromatic nitrogens is 1. The van der Waals surface area contributed by atoms with E-state index in [1.54, 1.807) is 32.9 Å². The van der Waals surface area contributed by atoms with Crippen molar-refractivity contribution in [1.82, 2.24) is 10.1 Å². The zero-order valence-electron chi connectivity index (χ0n) is 17.8. The molecule has 31 heavy (non-hydrogen) atoms. The Hall–Kier alpha value is -2.16. The Bertz CT molecular complexity index is 955. The van der Waals surface area contributed by atoms with Gasteiger partial charge in [0.1, 0.15) is 17.5 Å². The van der Waals surface area contributed by atoms with Crippen LogP contribution in [-0.2, 0) is 31.8 Å². The Morgan fingerprint density at radius 2 is 1.94 bits per heavy atom. The zero-order chi connectivity index (χ0) is 23.2. The largest absolute Gasteiger partial charge is 0.506 e. The summed E-state index contributed by atoms with van der Waals surface area (Å²) in [5, 5.41) is 13.2. The minimum absolute atomic E-state index is 0.0285. The van der Waals surface area contributed by atoms with E-state index in [-0.39, 0.29) is 30.8 Å². The molecule has 1 unspecified atom stereocenters. The van der Waals surface area contributed by atoms with Crippen LogP contribution in [0, 0.1) is 6.92 Å². The molecule has 1 heterocycles. The Kier molecular flexibility index (Phi) is 8.85. The molecule has 0 fully saturated rings. The molecular weight excluding hydrogens is 445 g/mol. The van der Waals surface area contributed by atoms with Gasteiger partial charge in [-0.2, -0.15) is 5.09 Å². The Morgan fingerprint density at radius 3 is 2.52 bits per heavy atom. The first-order valence-electron chi connectivity index (χ1n) is 9.59. The maximum absolute atomic E-state index is 13.5. The van der Waals surface area contributed by atoms with E-state index in [0.29, 0.717) is 21.8 Å². The molecule has 0 saturated carbocycles. The lowest BCUT2D eigenvalue weighted by molar-refractivity contribution is -0.149. The van der Waals surface area contributed by atoms with Crippen molar-refractivity contribution in [3.8, 4) is 11.5 Å². The predicted octanol–water partition coefficient (Wildman–Crippen LogP) is 3.84. The third-order valence-corrected chi connectivity index (χ3v) is 6.00. The summed E-state index contributed by atoms with van der Waals surface area (Å²) in [6.07, 6.45) is 1.13. The SMILES string of the molecule is Cc1ncc(COP(=O)(N[C@@H](C)C(=O)OC(C)C)Oc2ccc(Cl)cc2)c(CN)c1O. The molecule has 0 aliphatic carbocycles. The van der Waals surface area contributed by atoms with E-state index in [9.17, 15) is 14.5 Å². The van der Waals surface area contributed by atoms with Crippen LogP contribution < -0.4 is 15.3 Å². The van der Waals surface area contributed by atoms with Crippen LogP contribution in [0.5, 0.6) is 11.5 Å². The summed E-state index contributed by atoms with van der Waals surface area (Å²) >= 11 is 5.88. The number of carbonyl (C=O) groups is 1. The van der Waals surface area contributed by atoms with Crippen LogP contribution in [0.25, 0.3) is 0 Å². The average molecular weight is 472 g/mol. The number of carbonyl (C=O) groups excluding carboxylic acids is 1. The third kappa shape index (κ3) is 7.19. The zero-order valence-corrected chi connectivity index (χ0v) is 19.4. The van der Waals surface area contributed by atoms with Crippen molar-refractivity contribution < 1.29 is 28.3 Å². The van der Waals surface area contributed by atoms with Gasteiger partial charge in [-0.1, -0.05) is 11.6 Å². The molecule has 170 valence electrons. The molecule has 0 saturated heterocycles. The molecule has 0 aliphatic rings. The number of hydrogen-bond donors (Lipinski definition) is 3. The molecule has 2 aromatic rings. The fourth-order valence-electron chi connectivity index (χ4n) is 2.54. The minimum atomic E-state index is -4.08. The number of aryl methyl sites for hydroxylation is 1. The smallest absolute Gasteiger partial charge is 0.459 e. The number of benzene rings is 1. The summed E-state index contributed by atoms with van der Waals surface area (Å²) < 4.78 is 29.8. The normalized spacial score (nSPS) is 14.2. The lowest BCUT2D eigenvalue weighted by Gasteiger charge is -2.24. The summed E-state index contributed by atoms with van der Waals surface area (Å²) in [5.41, 5.74) is 6.99. The summed E-state index contributed by atoms with van der Waals surface area (Å²) in [6.45, 7) is 6.32. The molecule has 1 aromatic carbocycles. The number of nitrogens with zero attached hydrogens (tertiary/aromatic N) is 1. The number of halogens is 1. The number of hydrogen-bond acceptors (Lipinski definition) is 8. The van der Waals surface area contributed by atoms with Gasteiger partial charge in [-0.15, -0.1) is 0 Å². The fraction of sp³-hybridized carbons (Fsp3) is 0.400. The summed E-state index contributed by atoms with van der Waals surface area (Å²) in [4.78, 5) is 16.3. The van der Waals surface area contributed by atoms with Gasteiger partial charge in [-0.05, 0) is 52.0 Å². The number of nitrogens with one attached hydrogen (secondary N) is 1. The Labute approximate surface area is 186 Å². The quantitative estimate of drug-likeness (QED) is 0.349. The molecule has 11 heteroatoms. The minimum Gasteiger partial charge on any atom is -0.506 e. The molecule has 0 bridgehead atoms. The van der Waals surface area contributed by atoms with Crippen LogP contribution >= 0.6 is 19.3 Å². The Morgan fingerprint density at radius 1 is 1.29 bits per heavy atom. The van der Waals surface area contributed by atoms with Gasteiger partial charge >= 0.3 is 13.7 Å². The molecule has 0 amide bonds. The lowest BCUT2D eigenvalue weighted by Crippen LogP contribution is -2.36. The highest BCUT2D eigenvalue weighted by Crippen LogP contribution is 2.46. The standard InChI is InChI=1S/C20H27ClN3O6P/c1-12(2)29-20(26)14(4)24-31(27,30-17-7-5-16(21)6-8-17)28-11-15-10-23-13(3)19(25)18(15)9-22/h5-8,10,12,14,25H,9,11,22H2,1-4H3,(H,24,27)/t14-,31?/m0/s1. The van der Waals surface area contributed by atoms with Crippen LogP contribution in [0.15, 0.2) is 30.5 Å². The molecule has 2 rings (SSSR count). The van der Waals surface area contributed by atoms with Crippen molar-refractivity contribution in [1.29, 1.82) is 0 Å². The molecule has 0 aliphatic heterocycles. The number of pyridine rings is 1. The summed E-state index contributed by atoms with van der Waals surface area (Å²) in [5.74, 6) is -0.455. The second kappa shape index (κ2) is 10.9. The van der Waals surface area contributed by atoms with E-state index in [2.05, 4.69) is 10.1 Å². The highest BCUT2D eigenvalue weighted by Gasteiger charge is 2.33. The molecule has 9 nitrogen and oxygen atoms in total. The van der Waals surface area contributed by atoms with Gasteiger partial charge in [0.15, 0.2) is 0 Å². The van der Waals surface area contributed by atoms with Gasteiger partial charge < -0.3 is 20.1 Å². The van der Waals surface area contributed by atoms with Crippen molar-refractivity contribution in [2.75, 3.05) is 0 Å². The van der Waals surface area contributed by atoms with Crippen LogP contribution in [-0.4, -0.2) is 28.2 Å². The number of nitrogens with two attached hydrogens (primary N) is 1. The third-order valence-electron chi connectivity index (χ3n) is 4.12. The number of rotatable bonds is 10.